The van der Waals surface area contributed by atoms with Gasteiger partial charge in [-0.25, -0.2) is 14.8 Å². The Hall–Kier alpha value is -2.40. The number of carbonyl (C=O) groups excluding carboxylic acids is 1. The fraction of sp³-hybridized carbons (Fsp3) is 0.235. The maximum absolute atomic E-state index is 12.3. The van der Waals surface area contributed by atoms with E-state index in [-0.39, 0.29) is 5.97 Å². The SMILES string of the molecule is CCOC(=O)C1CC(c2ccccc2)=NN1c1ncccc1Cl. The van der Waals surface area contributed by atoms with Crippen LogP contribution in [-0.2, 0) is 9.53 Å². The van der Waals surface area contributed by atoms with E-state index in [2.05, 4.69) is 10.1 Å². The fourth-order valence-corrected chi connectivity index (χ4v) is 2.69. The van der Waals surface area contributed by atoms with Crippen molar-refractivity contribution in [3.63, 3.8) is 0 Å². The molecule has 0 saturated carbocycles. The molecule has 0 spiro atoms. The number of hydrazone groups is 1. The summed E-state index contributed by atoms with van der Waals surface area (Å²) in [6.07, 6.45) is 2.08. The summed E-state index contributed by atoms with van der Waals surface area (Å²) in [7, 11) is 0. The van der Waals surface area contributed by atoms with Crippen molar-refractivity contribution in [3.8, 4) is 0 Å². The second kappa shape index (κ2) is 6.79. The van der Waals surface area contributed by atoms with E-state index < -0.39 is 6.04 Å². The van der Waals surface area contributed by atoms with Crippen molar-refractivity contribution in [1.82, 2.24) is 4.98 Å². The first-order valence-electron chi connectivity index (χ1n) is 7.40. The van der Waals surface area contributed by atoms with Crippen molar-refractivity contribution in [2.45, 2.75) is 19.4 Å². The Morgan fingerprint density at radius 3 is 2.78 bits per heavy atom. The lowest BCUT2D eigenvalue weighted by Crippen LogP contribution is -2.36. The molecule has 23 heavy (non-hydrogen) atoms. The van der Waals surface area contributed by atoms with Crippen molar-refractivity contribution in [3.05, 3.63) is 59.2 Å². The quantitative estimate of drug-likeness (QED) is 0.808. The summed E-state index contributed by atoms with van der Waals surface area (Å²) in [5.74, 6) is 0.127. The van der Waals surface area contributed by atoms with Gasteiger partial charge in [0, 0.05) is 12.6 Å². The maximum atomic E-state index is 12.3. The van der Waals surface area contributed by atoms with Crippen molar-refractivity contribution in [2.75, 3.05) is 11.6 Å². The number of hydrogen-bond acceptors (Lipinski definition) is 5. The van der Waals surface area contributed by atoms with Gasteiger partial charge < -0.3 is 4.74 Å². The van der Waals surface area contributed by atoms with E-state index in [1.54, 1.807) is 30.3 Å². The molecule has 0 bridgehead atoms. The standard InChI is InChI=1S/C17H16ClN3O2/c1-2-23-17(22)15-11-14(12-7-4-3-5-8-12)20-21(15)16-13(18)9-6-10-19-16/h3-10,15H,2,11H2,1H3. The van der Waals surface area contributed by atoms with Gasteiger partial charge in [-0.1, -0.05) is 41.9 Å². The molecule has 2 aromatic rings. The van der Waals surface area contributed by atoms with Crippen molar-refractivity contribution in [1.29, 1.82) is 0 Å². The van der Waals surface area contributed by atoms with Crippen molar-refractivity contribution >= 4 is 29.1 Å². The van der Waals surface area contributed by atoms with Crippen LogP contribution < -0.4 is 5.01 Å². The number of benzene rings is 1. The lowest BCUT2D eigenvalue weighted by molar-refractivity contribution is -0.144. The van der Waals surface area contributed by atoms with Crippen LogP contribution >= 0.6 is 11.6 Å². The molecule has 0 radical (unpaired) electrons. The second-order valence-electron chi connectivity index (χ2n) is 5.04. The number of anilines is 1. The van der Waals surface area contributed by atoms with Gasteiger partial charge in [-0.2, -0.15) is 5.10 Å². The zero-order chi connectivity index (χ0) is 16.2. The normalized spacial score (nSPS) is 17.0. The Morgan fingerprint density at radius 2 is 2.09 bits per heavy atom. The number of rotatable bonds is 4. The molecule has 3 rings (SSSR count). The third-order valence-corrected chi connectivity index (χ3v) is 3.83. The molecule has 1 atom stereocenters. The molecule has 5 nitrogen and oxygen atoms in total. The van der Waals surface area contributed by atoms with Gasteiger partial charge in [0.2, 0.25) is 0 Å². The summed E-state index contributed by atoms with van der Waals surface area (Å²) >= 11 is 6.22. The minimum absolute atomic E-state index is 0.319. The highest BCUT2D eigenvalue weighted by Crippen LogP contribution is 2.30. The predicted octanol–water partition coefficient (Wildman–Crippen LogP) is 3.28. The Labute approximate surface area is 139 Å². The van der Waals surface area contributed by atoms with Crippen LogP contribution in [0, 0.1) is 0 Å². The van der Waals surface area contributed by atoms with E-state index in [0.29, 0.717) is 23.9 Å². The molecule has 0 amide bonds. The van der Waals surface area contributed by atoms with E-state index in [9.17, 15) is 4.79 Å². The van der Waals surface area contributed by atoms with Gasteiger partial charge in [0.15, 0.2) is 11.9 Å². The molecular formula is C17H16ClN3O2. The molecule has 6 heteroatoms. The number of aromatic nitrogens is 1. The maximum Gasteiger partial charge on any atom is 0.331 e. The molecule has 0 saturated heterocycles. The average molecular weight is 330 g/mol. The highest BCUT2D eigenvalue weighted by atomic mass is 35.5. The van der Waals surface area contributed by atoms with E-state index >= 15 is 0 Å². The van der Waals surface area contributed by atoms with Crippen LogP contribution in [-0.4, -0.2) is 29.3 Å². The van der Waals surface area contributed by atoms with Crippen LogP contribution in [0.25, 0.3) is 0 Å². The summed E-state index contributed by atoms with van der Waals surface area (Å²) in [5, 5.41) is 6.58. The number of hydrogen-bond donors (Lipinski definition) is 0. The smallest absolute Gasteiger partial charge is 0.331 e. The van der Waals surface area contributed by atoms with E-state index in [4.69, 9.17) is 16.3 Å². The lowest BCUT2D eigenvalue weighted by atomic mass is 10.0. The van der Waals surface area contributed by atoms with Gasteiger partial charge in [0.25, 0.3) is 0 Å². The predicted molar refractivity (Wildman–Crippen MR) is 89.7 cm³/mol. The van der Waals surface area contributed by atoms with Gasteiger partial charge >= 0.3 is 5.97 Å². The molecule has 1 aliphatic heterocycles. The van der Waals surface area contributed by atoms with E-state index in [1.807, 2.05) is 30.3 Å². The highest BCUT2D eigenvalue weighted by Gasteiger charge is 2.36. The first-order valence-corrected chi connectivity index (χ1v) is 7.77. The molecular weight excluding hydrogens is 314 g/mol. The molecule has 0 fully saturated rings. The minimum atomic E-state index is -0.558. The van der Waals surface area contributed by atoms with Crippen LogP contribution in [0.2, 0.25) is 5.02 Å². The number of ether oxygens (including phenoxy) is 1. The average Bonchev–Trinajstić information content (AvgIpc) is 3.01. The molecule has 1 aromatic carbocycles. The summed E-state index contributed by atoms with van der Waals surface area (Å²) in [4.78, 5) is 16.6. The van der Waals surface area contributed by atoms with Crippen LogP contribution in [0.3, 0.4) is 0 Å². The first kappa shape index (κ1) is 15.5. The summed E-state index contributed by atoms with van der Waals surface area (Å²) in [5.41, 5.74) is 1.78. The Morgan fingerprint density at radius 1 is 1.30 bits per heavy atom. The van der Waals surface area contributed by atoms with Gasteiger partial charge in [0.05, 0.1) is 17.3 Å². The van der Waals surface area contributed by atoms with Crippen molar-refractivity contribution < 1.29 is 9.53 Å². The van der Waals surface area contributed by atoms with E-state index in [0.717, 1.165) is 11.3 Å². The third-order valence-electron chi connectivity index (χ3n) is 3.53. The van der Waals surface area contributed by atoms with Crippen LogP contribution in [0.5, 0.6) is 0 Å². The molecule has 1 aliphatic rings. The molecule has 2 heterocycles. The van der Waals surface area contributed by atoms with Crippen LogP contribution in [0.1, 0.15) is 18.9 Å². The Kier molecular flexibility index (Phi) is 4.57. The van der Waals surface area contributed by atoms with Crippen LogP contribution in [0.15, 0.2) is 53.8 Å². The van der Waals surface area contributed by atoms with Gasteiger partial charge in [-0.05, 0) is 24.6 Å². The zero-order valence-electron chi connectivity index (χ0n) is 12.6. The van der Waals surface area contributed by atoms with Crippen LogP contribution in [0.4, 0.5) is 5.82 Å². The van der Waals surface area contributed by atoms with Gasteiger partial charge in [-0.15, -0.1) is 0 Å². The Bertz CT molecular complexity index is 734. The molecule has 118 valence electrons. The first-order chi connectivity index (χ1) is 11.2. The Balaban J connectivity index is 1.98. The number of halogens is 1. The largest absolute Gasteiger partial charge is 0.464 e. The molecule has 0 aliphatic carbocycles. The fourth-order valence-electron chi connectivity index (χ4n) is 2.48. The summed E-state index contributed by atoms with van der Waals surface area (Å²) in [6.45, 7) is 2.10. The van der Waals surface area contributed by atoms with Gasteiger partial charge in [0.1, 0.15) is 0 Å². The number of nitrogens with zero attached hydrogens (tertiary/aromatic N) is 3. The monoisotopic (exact) mass is 329 g/mol. The molecule has 1 aromatic heterocycles. The lowest BCUT2D eigenvalue weighted by Gasteiger charge is -2.21. The van der Waals surface area contributed by atoms with Crippen molar-refractivity contribution in [2.24, 2.45) is 5.10 Å². The zero-order valence-corrected chi connectivity index (χ0v) is 13.4. The number of esters is 1. The molecule has 1 unspecified atom stereocenters. The number of pyridine rings is 1. The number of carbonyl (C=O) groups is 1. The topological polar surface area (TPSA) is 54.8 Å². The highest BCUT2D eigenvalue weighted by molar-refractivity contribution is 6.33. The van der Waals surface area contributed by atoms with E-state index in [1.165, 1.54) is 0 Å². The minimum Gasteiger partial charge on any atom is -0.464 e. The molecule has 0 N–H and O–H groups in total. The third kappa shape index (κ3) is 3.19. The summed E-state index contributed by atoms with van der Waals surface area (Å²) in [6, 6.07) is 12.6. The second-order valence-corrected chi connectivity index (χ2v) is 5.45. The van der Waals surface area contributed by atoms with Gasteiger partial charge in [-0.3, -0.25) is 0 Å². The summed E-state index contributed by atoms with van der Waals surface area (Å²) < 4.78 is 5.18.